The van der Waals surface area contributed by atoms with Crippen molar-refractivity contribution in [3.8, 4) is 0 Å². The first kappa shape index (κ1) is 19.1. The van der Waals surface area contributed by atoms with Crippen molar-refractivity contribution in [3.05, 3.63) is 46.7 Å². The zero-order valence-electron chi connectivity index (χ0n) is 13.5. The molecule has 1 aliphatic heterocycles. The third kappa shape index (κ3) is 3.73. The number of carbonyl (C=O) groups is 2. The molecule has 1 aromatic carbocycles. The zero-order chi connectivity index (χ0) is 18.8. The summed E-state index contributed by atoms with van der Waals surface area (Å²) < 4.78 is 45.0. The molecule has 0 spiro atoms. The average molecular weight is 377 g/mol. The molecule has 0 saturated carbocycles. The van der Waals surface area contributed by atoms with E-state index in [0.717, 1.165) is 11.0 Å². The number of nitrogens with zero attached hydrogens (tertiary/aromatic N) is 1. The van der Waals surface area contributed by atoms with Gasteiger partial charge in [0.1, 0.15) is 0 Å². The van der Waals surface area contributed by atoms with Gasteiger partial charge in [-0.15, -0.1) is 11.6 Å². The van der Waals surface area contributed by atoms with E-state index >= 15 is 0 Å². The number of urea groups is 1. The van der Waals surface area contributed by atoms with Gasteiger partial charge in [-0.1, -0.05) is 18.2 Å². The second-order valence-corrected chi connectivity index (χ2v) is 5.51. The number of hydrogen-bond acceptors (Lipinski definition) is 3. The van der Waals surface area contributed by atoms with Crippen molar-refractivity contribution in [3.63, 3.8) is 0 Å². The monoisotopic (exact) mass is 376 g/mol. The number of hydrogen-bond donors (Lipinski definition) is 1. The summed E-state index contributed by atoms with van der Waals surface area (Å²) in [7, 11) is 1.37. The molecule has 1 atom stereocenters. The van der Waals surface area contributed by atoms with Crippen molar-refractivity contribution in [2.45, 2.75) is 19.1 Å². The Morgan fingerprint density at radius 2 is 2.00 bits per heavy atom. The number of benzene rings is 1. The van der Waals surface area contributed by atoms with E-state index < -0.39 is 29.8 Å². The molecule has 1 aliphatic rings. The number of halogens is 4. The molecule has 1 aromatic rings. The van der Waals surface area contributed by atoms with E-state index in [9.17, 15) is 22.8 Å². The second kappa shape index (κ2) is 7.35. The fraction of sp³-hybridized carbons (Fsp3) is 0.375. The SMILES string of the molecule is CCOC(=O)C1=C(CCl)N(C)C(=O)NC1c1ccccc1C(F)(F)F. The minimum Gasteiger partial charge on any atom is -0.463 e. The molecule has 0 fully saturated rings. The summed E-state index contributed by atoms with van der Waals surface area (Å²) >= 11 is 5.85. The van der Waals surface area contributed by atoms with Gasteiger partial charge in [0.2, 0.25) is 0 Å². The Labute approximate surface area is 147 Å². The van der Waals surface area contributed by atoms with Crippen LogP contribution in [-0.4, -0.2) is 36.4 Å². The largest absolute Gasteiger partial charge is 0.463 e. The molecule has 9 heteroatoms. The molecule has 1 unspecified atom stereocenters. The third-order valence-corrected chi connectivity index (χ3v) is 4.03. The molecule has 0 aliphatic carbocycles. The zero-order valence-corrected chi connectivity index (χ0v) is 14.2. The highest BCUT2D eigenvalue weighted by Crippen LogP contribution is 2.39. The molecule has 2 amide bonds. The Hall–Kier alpha value is -2.22. The number of alkyl halides is 4. The van der Waals surface area contributed by atoms with Crippen LogP contribution in [0, 0.1) is 0 Å². The van der Waals surface area contributed by atoms with E-state index in [2.05, 4.69) is 5.32 Å². The van der Waals surface area contributed by atoms with E-state index in [-0.39, 0.29) is 29.3 Å². The van der Waals surface area contributed by atoms with E-state index in [1.807, 2.05) is 0 Å². The van der Waals surface area contributed by atoms with Gasteiger partial charge in [-0.3, -0.25) is 4.90 Å². The molecule has 1 heterocycles. The van der Waals surface area contributed by atoms with Crippen molar-refractivity contribution in [1.29, 1.82) is 0 Å². The Balaban J connectivity index is 2.68. The lowest BCUT2D eigenvalue weighted by Crippen LogP contribution is -2.47. The van der Waals surface area contributed by atoms with Crippen LogP contribution in [0.5, 0.6) is 0 Å². The van der Waals surface area contributed by atoms with E-state index in [4.69, 9.17) is 16.3 Å². The lowest BCUT2D eigenvalue weighted by molar-refractivity contribution is -0.141. The van der Waals surface area contributed by atoms with Crippen LogP contribution >= 0.6 is 11.6 Å². The average Bonchev–Trinajstić information content (AvgIpc) is 2.56. The van der Waals surface area contributed by atoms with Gasteiger partial charge in [0.05, 0.1) is 29.7 Å². The standard InChI is InChI=1S/C16H16ClF3N2O3/c1-3-25-14(23)12-11(8-17)22(2)15(24)21-13(12)9-6-4-5-7-10(9)16(18,19)20/h4-7,13H,3,8H2,1-2H3,(H,21,24). The summed E-state index contributed by atoms with van der Waals surface area (Å²) in [5, 5.41) is 2.42. The van der Waals surface area contributed by atoms with Crippen LogP contribution in [0.15, 0.2) is 35.5 Å². The van der Waals surface area contributed by atoms with E-state index in [0.29, 0.717) is 0 Å². The maximum atomic E-state index is 13.4. The van der Waals surface area contributed by atoms with Crippen LogP contribution in [0.25, 0.3) is 0 Å². The first-order valence-corrected chi connectivity index (χ1v) is 7.92. The molecule has 0 saturated heterocycles. The van der Waals surface area contributed by atoms with Gasteiger partial charge in [-0.2, -0.15) is 13.2 Å². The first-order chi connectivity index (χ1) is 11.7. The van der Waals surface area contributed by atoms with Crippen LogP contribution in [0.2, 0.25) is 0 Å². The molecule has 136 valence electrons. The Morgan fingerprint density at radius 1 is 1.36 bits per heavy atom. The van der Waals surface area contributed by atoms with Crippen molar-refractivity contribution in [2.75, 3.05) is 19.5 Å². The maximum absolute atomic E-state index is 13.4. The number of esters is 1. The van der Waals surface area contributed by atoms with Crippen LogP contribution in [0.4, 0.5) is 18.0 Å². The van der Waals surface area contributed by atoms with E-state index in [1.54, 1.807) is 6.92 Å². The molecular weight excluding hydrogens is 361 g/mol. The van der Waals surface area contributed by atoms with Gasteiger partial charge in [-0.25, -0.2) is 9.59 Å². The van der Waals surface area contributed by atoms with Gasteiger partial charge >= 0.3 is 18.2 Å². The predicted molar refractivity (Wildman–Crippen MR) is 84.9 cm³/mol. The maximum Gasteiger partial charge on any atom is 0.416 e. The summed E-state index contributed by atoms with van der Waals surface area (Å²) in [6.45, 7) is 1.60. The van der Waals surface area contributed by atoms with Crippen molar-refractivity contribution in [1.82, 2.24) is 10.2 Å². The summed E-state index contributed by atoms with van der Waals surface area (Å²) in [6, 6.07) is 2.77. The third-order valence-electron chi connectivity index (χ3n) is 3.78. The lowest BCUT2D eigenvalue weighted by atomic mass is 9.91. The van der Waals surface area contributed by atoms with Gasteiger partial charge in [-0.05, 0) is 18.6 Å². The fourth-order valence-corrected chi connectivity index (χ4v) is 2.93. The minimum absolute atomic E-state index is 0.0309. The normalized spacial score (nSPS) is 18.2. The van der Waals surface area contributed by atoms with Crippen molar-refractivity contribution in [2.24, 2.45) is 0 Å². The van der Waals surface area contributed by atoms with Crippen molar-refractivity contribution >= 4 is 23.6 Å². The van der Waals surface area contributed by atoms with Gasteiger partial charge in [0.25, 0.3) is 0 Å². The van der Waals surface area contributed by atoms with Crippen molar-refractivity contribution < 1.29 is 27.5 Å². The molecule has 1 N–H and O–H groups in total. The summed E-state index contributed by atoms with van der Waals surface area (Å²) in [6.07, 6.45) is -4.65. The number of carbonyl (C=O) groups excluding carboxylic acids is 2. The molecule has 2 rings (SSSR count). The highest BCUT2D eigenvalue weighted by molar-refractivity contribution is 6.20. The molecule has 0 bridgehead atoms. The molecular formula is C16H16ClF3N2O3. The highest BCUT2D eigenvalue weighted by atomic mass is 35.5. The summed E-state index contributed by atoms with van der Waals surface area (Å²) in [5.41, 5.74) is -1.20. The predicted octanol–water partition coefficient (Wildman–Crippen LogP) is 3.46. The van der Waals surface area contributed by atoms with Crippen LogP contribution in [0.3, 0.4) is 0 Å². The number of ether oxygens (including phenoxy) is 1. The summed E-state index contributed by atoms with van der Waals surface area (Å²) in [4.78, 5) is 25.6. The molecule has 0 radical (unpaired) electrons. The Morgan fingerprint density at radius 3 is 2.56 bits per heavy atom. The quantitative estimate of drug-likeness (QED) is 0.646. The van der Waals surface area contributed by atoms with Crippen LogP contribution in [-0.2, 0) is 15.7 Å². The first-order valence-electron chi connectivity index (χ1n) is 7.38. The topological polar surface area (TPSA) is 58.6 Å². The van der Waals surface area contributed by atoms with E-state index in [1.165, 1.54) is 25.2 Å². The van der Waals surface area contributed by atoms with Crippen LogP contribution < -0.4 is 5.32 Å². The molecule has 5 nitrogen and oxygen atoms in total. The number of amides is 2. The highest BCUT2D eigenvalue weighted by Gasteiger charge is 2.41. The Bertz CT molecular complexity index is 719. The lowest BCUT2D eigenvalue weighted by Gasteiger charge is -2.34. The van der Waals surface area contributed by atoms with Gasteiger partial charge < -0.3 is 10.1 Å². The number of allylic oxidation sites excluding steroid dienone is 1. The summed E-state index contributed by atoms with van der Waals surface area (Å²) in [5.74, 6) is -1.06. The minimum atomic E-state index is -4.65. The number of nitrogens with one attached hydrogen (secondary N) is 1. The molecule has 25 heavy (non-hydrogen) atoms. The van der Waals surface area contributed by atoms with Gasteiger partial charge in [0.15, 0.2) is 0 Å². The number of rotatable bonds is 4. The van der Waals surface area contributed by atoms with Crippen LogP contribution in [0.1, 0.15) is 24.1 Å². The fourth-order valence-electron chi connectivity index (χ4n) is 2.61. The smallest absolute Gasteiger partial charge is 0.416 e. The Kier molecular flexibility index (Phi) is 5.62. The second-order valence-electron chi connectivity index (χ2n) is 5.24. The molecule has 0 aromatic heterocycles. The van der Waals surface area contributed by atoms with Gasteiger partial charge in [0, 0.05) is 12.7 Å².